The molecule has 0 saturated heterocycles. The first-order chi connectivity index (χ1) is 11.5. The molecule has 3 rings (SSSR count). The minimum atomic E-state index is 0.0151. The van der Waals surface area contributed by atoms with E-state index in [4.69, 9.17) is 0 Å². The maximum absolute atomic E-state index is 12.0. The van der Waals surface area contributed by atoms with Crippen molar-refractivity contribution in [3.8, 4) is 0 Å². The van der Waals surface area contributed by atoms with Crippen molar-refractivity contribution in [1.29, 1.82) is 0 Å². The third-order valence-corrected chi connectivity index (χ3v) is 4.21. The van der Waals surface area contributed by atoms with E-state index in [9.17, 15) is 4.79 Å². The molecule has 1 amide bonds. The first-order valence-corrected chi connectivity index (χ1v) is 8.42. The fourth-order valence-corrected chi connectivity index (χ4v) is 3.03. The number of amides is 1. The Morgan fingerprint density at radius 1 is 1.25 bits per heavy atom. The van der Waals surface area contributed by atoms with Crippen LogP contribution < -0.4 is 5.32 Å². The van der Waals surface area contributed by atoms with E-state index in [1.54, 1.807) is 10.7 Å². The van der Waals surface area contributed by atoms with Gasteiger partial charge in [0.25, 0.3) is 0 Å². The lowest BCUT2D eigenvalue weighted by molar-refractivity contribution is -0.116. The van der Waals surface area contributed by atoms with E-state index in [1.807, 2.05) is 13.2 Å². The van der Waals surface area contributed by atoms with Crippen LogP contribution in [0.2, 0.25) is 0 Å². The Balaban J connectivity index is 1.62. The highest BCUT2D eigenvalue weighted by Gasteiger charge is 2.11. The molecule has 2 heterocycles. The Labute approximate surface area is 142 Å². The van der Waals surface area contributed by atoms with Gasteiger partial charge in [-0.15, -0.1) is 0 Å². The van der Waals surface area contributed by atoms with Gasteiger partial charge in [-0.05, 0) is 38.3 Å². The normalized spacial score (nSPS) is 11.3. The number of anilines is 1. The zero-order valence-corrected chi connectivity index (χ0v) is 14.5. The number of hydrogen-bond acceptors (Lipinski definition) is 2. The summed E-state index contributed by atoms with van der Waals surface area (Å²) in [5.41, 5.74) is 2.57. The third kappa shape index (κ3) is 3.50. The lowest BCUT2D eigenvalue weighted by atomic mass is 10.1. The Morgan fingerprint density at radius 2 is 2.04 bits per heavy atom. The average Bonchev–Trinajstić information content (AvgIpc) is 3.11. The van der Waals surface area contributed by atoms with Gasteiger partial charge in [-0.3, -0.25) is 9.48 Å². The summed E-state index contributed by atoms with van der Waals surface area (Å²) < 4.78 is 3.98. The molecule has 0 bridgehead atoms. The lowest BCUT2D eigenvalue weighted by Gasteiger charge is -2.08. The number of carbonyl (C=O) groups excluding carboxylic acids is 1. The summed E-state index contributed by atoms with van der Waals surface area (Å²) >= 11 is 0. The SMILES string of the molecule is CC(C)n1cc(CCCC(=O)Nc2ccn(C)n2)c2ccccc21. The van der Waals surface area contributed by atoms with Crippen LogP contribution >= 0.6 is 0 Å². The Kier molecular flexibility index (Phi) is 4.69. The van der Waals surface area contributed by atoms with Gasteiger partial charge in [0.05, 0.1) is 0 Å². The number of nitrogens with zero attached hydrogens (tertiary/aromatic N) is 3. The van der Waals surface area contributed by atoms with Gasteiger partial charge in [0, 0.05) is 48.9 Å². The van der Waals surface area contributed by atoms with Crippen molar-refractivity contribution in [2.45, 2.75) is 39.2 Å². The van der Waals surface area contributed by atoms with Crippen molar-refractivity contribution < 1.29 is 4.79 Å². The number of aromatic nitrogens is 3. The number of hydrogen-bond donors (Lipinski definition) is 1. The minimum absolute atomic E-state index is 0.0151. The van der Waals surface area contributed by atoms with Crippen molar-refractivity contribution in [3.63, 3.8) is 0 Å². The van der Waals surface area contributed by atoms with Gasteiger partial charge in [0.1, 0.15) is 0 Å². The summed E-state index contributed by atoms with van der Waals surface area (Å²) in [6, 6.07) is 10.7. The second kappa shape index (κ2) is 6.91. The van der Waals surface area contributed by atoms with Crippen LogP contribution in [0.5, 0.6) is 0 Å². The van der Waals surface area contributed by atoms with Gasteiger partial charge < -0.3 is 9.88 Å². The molecule has 5 heteroatoms. The highest BCUT2D eigenvalue weighted by atomic mass is 16.1. The quantitative estimate of drug-likeness (QED) is 0.747. The monoisotopic (exact) mass is 324 g/mol. The van der Waals surface area contributed by atoms with Gasteiger partial charge in [0.2, 0.25) is 5.91 Å². The molecule has 0 atom stereocenters. The molecular weight excluding hydrogens is 300 g/mol. The van der Waals surface area contributed by atoms with Gasteiger partial charge >= 0.3 is 0 Å². The molecule has 1 aromatic carbocycles. The lowest BCUT2D eigenvalue weighted by Crippen LogP contribution is -2.12. The minimum Gasteiger partial charge on any atom is -0.345 e. The number of aryl methyl sites for hydroxylation is 2. The van der Waals surface area contributed by atoms with Crippen LogP contribution in [-0.2, 0) is 18.3 Å². The van der Waals surface area contributed by atoms with E-state index in [1.165, 1.54) is 16.5 Å². The van der Waals surface area contributed by atoms with E-state index in [0.29, 0.717) is 18.3 Å². The van der Waals surface area contributed by atoms with Crippen molar-refractivity contribution in [3.05, 3.63) is 48.3 Å². The van der Waals surface area contributed by atoms with Crippen molar-refractivity contribution in [2.75, 3.05) is 5.32 Å². The molecule has 0 saturated carbocycles. The zero-order chi connectivity index (χ0) is 17.1. The summed E-state index contributed by atoms with van der Waals surface area (Å²) in [6.07, 6.45) is 6.26. The molecule has 126 valence electrons. The van der Waals surface area contributed by atoms with Crippen molar-refractivity contribution in [1.82, 2.24) is 14.3 Å². The van der Waals surface area contributed by atoms with E-state index in [2.05, 4.69) is 59.3 Å². The summed E-state index contributed by atoms with van der Waals surface area (Å²) in [4.78, 5) is 12.0. The molecule has 1 N–H and O–H groups in total. The van der Waals surface area contributed by atoms with Gasteiger partial charge in [-0.1, -0.05) is 18.2 Å². The maximum Gasteiger partial charge on any atom is 0.225 e. The molecular formula is C19H24N4O. The molecule has 24 heavy (non-hydrogen) atoms. The van der Waals surface area contributed by atoms with Crippen LogP contribution in [0.1, 0.15) is 38.3 Å². The van der Waals surface area contributed by atoms with Gasteiger partial charge in [-0.25, -0.2) is 0 Å². The van der Waals surface area contributed by atoms with Crippen LogP contribution in [0, 0.1) is 0 Å². The van der Waals surface area contributed by atoms with Crippen molar-refractivity contribution >= 4 is 22.6 Å². The summed E-state index contributed by atoms with van der Waals surface area (Å²) in [5, 5.41) is 8.28. The Hall–Kier alpha value is -2.56. The number of fused-ring (bicyclic) bond motifs is 1. The molecule has 0 fully saturated rings. The molecule has 0 aliphatic heterocycles. The van der Waals surface area contributed by atoms with Crippen LogP contribution in [-0.4, -0.2) is 20.3 Å². The second-order valence-electron chi connectivity index (χ2n) is 6.45. The Morgan fingerprint density at radius 3 is 2.75 bits per heavy atom. The third-order valence-electron chi connectivity index (χ3n) is 4.21. The number of rotatable bonds is 6. The summed E-state index contributed by atoms with van der Waals surface area (Å²) in [5.74, 6) is 0.625. The first-order valence-electron chi connectivity index (χ1n) is 8.42. The first kappa shape index (κ1) is 16.3. The average molecular weight is 324 g/mol. The van der Waals surface area contributed by atoms with Crippen LogP contribution in [0.4, 0.5) is 5.82 Å². The molecule has 5 nitrogen and oxygen atoms in total. The predicted octanol–water partition coefficient (Wildman–Crippen LogP) is 3.92. The number of nitrogens with one attached hydrogen (secondary N) is 1. The molecule has 0 aliphatic rings. The molecule has 0 aliphatic carbocycles. The van der Waals surface area contributed by atoms with Crippen molar-refractivity contribution in [2.24, 2.45) is 7.05 Å². The van der Waals surface area contributed by atoms with Crippen LogP contribution in [0.3, 0.4) is 0 Å². The second-order valence-corrected chi connectivity index (χ2v) is 6.45. The molecule has 3 aromatic rings. The number of carbonyl (C=O) groups is 1. The smallest absolute Gasteiger partial charge is 0.225 e. The molecule has 0 radical (unpaired) electrons. The Bertz CT molecular complexity index is 844. The van der Waals surface area contributed by atoms with E-state index >= 15 is 0 Å². The zero-order valence-electron chi connectivity index (χ0n) is 14.5. The fourth-order valence-electron chi connectivity index (χ4n) is 3.03. The topological polar surface area (TPSA) is 51.9 Å². The van der Waals surface area contributed by atoms with E-state index in [0.717, 1.165) is 12.8 Å². The maximum atomic E-state index is 12.0. The van der Waals surface area contributed by atoms with Crippen LogP contribution in [0.15, 0.2) is 42.7 Å². The van der Waals surface area contributed by atoms with Crippen LogP contribution in [0.25, 0.3) is 10.9 Å². The molecule has 2 aromatic heterocycles. The largest absolute Gasteiger partial charge is 0.345 e. The van der Waals surface area contributed by atoms with Gasteiger partial charge in [0.15, 0.2) is 5.82 Å². The van der Waals surface area contributed by atoms with E-state index in [-0.39, 0.29) is 5.91 Å². The predicted molar refractivity (Wildman–Crippen MR) is 97.1 cm³/mol. The molecule has 0 unspecified atom stereocenters. The fraction of sp³-hybridized carbons (Fsp3) is 0.368. The van der Waals surface area contributed by atoms with Gasteiger partial charge in [-0.2, -0.15) is 5.10 Å². The standard InChI is InChI=1S/C19H24N4O/c1-14(2)23-13-15(16-8-4-5-9-17(16)23)7-6-10-19(24)20-18-11-12-22(3)21-18/h4-5,8-9,11-14H,6-7,10H2,1-3H3,(H,20,21,24). The highest BCUT2D eigenvalue weighted by molar-refractivity contribution is 5.89. The van der Waals surface area contributed by atoms with E-state index < -0.39 is 0 Å². The summed E-state index contributed by atoms with van der Waals surface area (Å²) in [7, 11) is 1.83. The number of para-hydroxylation sites is 1. The summed E-state index contributed by atoms with van der Waals surface area (Å²) in [6.45, 7) is 4.38. The molecule has 0 spiro atoms. The number of benzene rings is 1. The highest BCUT2D eigenvalue weighted by Crippen LogP contribution is 2.25.